The normalized spacial score (nSPS) is 19.8. The number of methoxy groups -OCH3 is 1. The van der Waals surface area contributed by atoms with Gasteiger partial charge in [-0.1, -0.05) is 47.5 Å². The average Bonchev–Trinajstić information content (AvgIpc) is 2.80. The third-order valence-electron chi connectivity index (χ3n) is 4.74. The van der Waals surface area contributed by atoms with Gasteiger partial charge >= 0.3 is 0 Å². The van der Waals surface area contributed by atoms with E-state index in [1.807, 2.05) is 37.7 Å². The molecule has 0 aromatic heterocycles. The van der Waals surface area contributed by atoms with Crippen LogP contribution in [0.25, 0.3) is 0 Å². The van der Waals surface area contributed by atoms with E-state index < -0.39 is 0 Å². The Morgan fingerprint density at radius 3 is 2.62 bits per heavy atom. The first-order valence-corrected chi connectivity index (χ1v) is 10.1. The molecule has 0 unspecified atom stereocenters. The van der Waals surface area contributed by atoms with E-state index in [-0.39, 0.29) is 5.54 Å². The van der Waals surface area contributed by atoms with Gasteiger partial charge in [-0.15, -0.1) is 11.8 Å². The highest BCUT2D eigenvalue weighted by Gasteiger charge is 2.35. The SMILES string of the molecule is CC.CCCC[C@]1(C(C)C)CSc2cc(C=O)c(OC)cc2CN1. The summed E-state index contributed by atoms with van der Waals surface area (Å²) in [6, 6.07) is 3.99. The summed E-state index contributed by atoms with van der Waals surface area (Å²) in [4.78, 5) is 12.4. The monoisotopic (exact) mass is 351 g/mol. The van der Waals surface area contributed by atoms with Crippen molar-refractivity contribution in [3.63, 3.8) is 0 Å². The number of fused-ring (bicyclic) bond motifs is 1. The molecule has 1 aromatic rings. The molecule has 1 N–H and O–H groups in total. The largest absolute Gasteiger partial charge is 0.496 e. The number of nitrogens with one attached hydrogen (secondary N) is 1. The van der Waals surface area contributed by atoms with Crippen molar-refractivity contribution in [1.29, 1.82) is 0 Å². The Balaban J connectivity index is 0.00000139. The molecule has 0 aliphatic carbocycles. The Labute approximate surface area is 151 Å². The molecule has 1 atom stereocenters. The van der Waals surface area contributed by atoms with Crippen LogP contribution in [-0.2, 0) is 6.54 Å². The second kappa shape index (κ2) is 10.1. The van der Waals surface area contributed by atoms with Crippen molar-refractivity contribution in [3.8, 4) is 5.75 Å². The fourth-order valence-corrected chi connectivity index (χ4v) is 4.52. The highest BCUT2D eigenvalue weighted by atomic mass is 32.2. The molecule has 1 aliphatic heterocycles. The fourth-order valence-electron chi connectivity index (χ4n) is 3.00. The summed E-state index contributed by atoms with van der Waals surface area (Å²) >= 11 is 1.87. The number of carbonyl (C=O) groups excluding carboxylic acids is 1. The molecule has 0 spiro atoms. The van der Waals surface area contributed by atoms with Crippen LogP contribution in [0.4, 0.5) is 0 Å². The number of unbranched alkanes of at least 4 members (excludes halogenated alkanes) is 1. The van der Waals surface area contributed by atoms with Crippen molar-refractivity contribution in [3.05, 3.63) is 23.3 Å². The second-order valence-electron chi connectivity index (χ2n) is 6.38. The first-order valence-electron chi connectivity index (χ1n) is 9.10. The summed E-state index contributed by atoms with van der Waals surface area (Å²) in [7, 11) is 1.62. The van der Waals surface area contributed by atoms with Gasteiger partial charge in [0.15, 0.2) is 6.29 Å². The van der Waals surface area contributed by atoms with Crippen LogP contribution in [0.5, 0.6) is 5.75 Å². The molecule has 1 heterocycles. The van der Waals surface area contributed by atoms with E-state index >= 15 is 0 Å². The van der Waals surface area contributed by atoms with Gasteiger partial charge in [-0.3, -0.25) is 4.79 Å². The molecule has 0 radical (unpaired) electrons. The number of rotatable bonds is 6. The zero-order valence-corrected chi connectivity index (χ0v) is 16.9. The molecule has 24 heavy (non-hydrogen) atoms. The van der Waals surface area contributed by atoms with Crippen molar-refractivity contribution < 1.29 is 9.53 Å². The van der Waals surface area contributed by atoms with Crippen LogP contribution in [0.1, 0.15) is 69.8 Å². The number of carbonyl (C=O) groups is 1. The highest BCUT2D eigenvalue weighted by Crippen LogP contribution is 2.38. The van der Waals surface area contributed by atoms with Crippen LogP contribution in [0.15, 0.2) is 17.0 Å². The number of benzene rings is 1. The summed E-state index contributed by atoms with van der Waals surface area (Å²) in [6.07, 6.45) is 4.53. The van der Waals surface area contributed by atoms with E-state index in [2.05, 4.69) is 26.1 Å². The zero-order chi connectivity index (χ0) is 18.2. The van der Waals surface area contributed by atoms with Gasteiger partial charge in [-0.25, -0.2) is 0 Å². The molecule has 0 saturated heterocycles. The quantitative estimate of drug-likeness (QED) is 0.705. The lowest BCUT2D eigenvalue weighted by Crippen LogP contribution is -2.50. The first kappa shape index (κ1) is 21.0. The molecule has 2 rings (SSSR count). The predicted molar refractivity (Wildman–Crippen MR) is 104 cm³/mol. The van der Waals surface area contributed by atoms with Crippen molar-refractivity contribution in [1.82, 2.24) is 5.32 Å². The third kappa shape index (κ3) is 4.76. The van der Waals surface area contributed by atoms with E-state index in [1.54, 1.807) is 7.11 Å². The van der Waals surface area contributed by atoms with Crippen LogP contribution in [0.2, 0.25) is 0 Å². The van der Waals surface area contributed by atoms with Gasteiger partial charge in [0.1, 0.15) is 5.75 Å². The van der Waals surface area contributed by atoms with Crippen LogP contribution in [0.3, 0.4) is 0 Å². The summed E-state index contributed by atoms with van der Waals surface area (Å²) in [5, 5.41) is 3.81. The lowest BCUT2D eigenvalue weighted by molar-refractivity contribution is 0.112. The van der Waals surface area contributed by atoms with Crippen LogP contribution < -0.4 is 10.1 Å². The smallest absolute Gasteiger partial charge is 0.153 e. The summed E-state index contributed by atoms with van der Waals surface area (Å²) in [5.41, 5.74) is 2.03. The topological polar surface area (TPSA) is 38.3 Å². The molecular formula is C20H33NO2S. The third-order valence-corrected chi connectivity index (χ3v) is 6.09. The van der Waals surface area contributed by atoms with Crippen molar-refractivity contribution >= 4 is 18.0 Å². The van der Waals surface area contributed by atoms with Gasteiger partial charge in [-0.05, 0) is 30.0 Å². The molecule has 4 heteroatoms. The number of thioether (sulfide) groups is 1. The molecule has 136 valence electrons. The van der Waals surface area contributed by atoms with E-state index in [1.165, 1.54) is 29.7 Å². The Morgan fingerprint density at radius 2 is 2.08 bits per heavy atom. The van der Waals surface area contributed by atoms with E-state index in [4.69, 9.17) is 4.74 Å². The minimum Gasteiger partial charge on any atom is -0.496 e. The highest BCUT2D eigenvalue weighted by molar-refractivity contribution is 7.99. The van der Waals surface area contributed by atoms with Crippen molar-refractivity contribution in [2.45, 2.75) is 70.9 Å². The molecule has 0 bridgehead atoms. The number of hydrogen-bond donors (Lipinski definition) is 1. The molecule has 0 amide bonds. The van der Waals surface area contributed by atoms with Gasteiger partial charge in [-0.2, -0.15) is 0 Å². The van der Waals surface area contributed by atoms with Crippen LogP contribution >= 0.6 is 11.8 Å². The van der Waals surface area contributed by atoms with Crippen molar-refractivity contribution in [2.24, 2.45) is 5.92 Å². The Morgan fingerprint density at radius 1 is 1.38 bits per heavy atom. The average molecular weight is 352 g/mol. The molecule has 1 aliphatic rings. The lowest BCUT2D eigenvalue weighted by atomic mass is 9.83. The van der Waals surface area contributed by atoms with E-state index in [9.17, 15) is 4.79 Å². The van der Waals surface area contributed by atoms with Gasteiger partial charge in [0.2, 0.25) is 0 Å². The van der Waals surface area contributed by atoms with E-state index in [0.29, 0.717) is 17.2 Å². The Bertz CT molecular complexity index is 531. The van der Waals surface area contributed by atoms with Gasteiger partial charge in [0.25, 0.3) is 0 Å². The fraction of sp³-hybridized carbons (Fsp3) is 0.650. The minimum absolute atomic E-state index is 0.161. The Hall–Kier alpha value is -1.00. The lowest BCUT2D eigenvalue weighted by Gasteiger charge is -2.37. The molecule has 0 fully saturated rings. The molecule has 3 nitrogen and oxygen atoms in total. The van der Waals surface area contributed by atoms with Gasteiger partial charge < -0.3 is 10.1 Å². The maximum absolute atomic E-state index is 11.2. The minimum atomic E-state index is 0.161. The maximum Gasteiger partial charge on any atom is 0.153 e. The molecule has 0 saturated carbocycles. The predicted octanol–water partition coefficient (Wildman–Crippen LogP) is 5.31. The van der Waals surface area contributed by atoms with Gasteiger partial charge in [0.05, 0.1) is 12.7 Å². The summed E-state index contributed by atoms with van der Waals surface area (Å²) in [6.45, 7) is 11.7. The maximum atomic E-state index is 11.2. The number of ether oxygens (including phenoxy) is 1. The van der Waals surface area contributed by atoms with Crippen molar-refractivity contribution in [2.75, 3.05) is 12.9 Å². The molecular weight excluding hydrogens is 318 g/mol. The number of hydrogen-bond acceptors (Lipinski definition) is 4. The molecule has 1 aromatic carbocycles. The van der Waals surface area contributed by atoms with Crippen LogP contribution in [-0.4, -0.2) is 24.7 Å². The van der Waals surface area contributed by atoms with Crippen LogP contribution in [0, 0.1) is 5.92 Å². The second-order valence-corrected chi connectivity index (χ2v) is 7.39. The van der Waals surface area contributed by atoms with Gasteiger partial charge in [0, 0.05) is 22.7 Å². The standard InChI is InChI=1S/C18H27NO2S.C2H6/c1-5-6-7-18(13(2)3)12-22-17-9-15(11-20)16(21-4)8-14(17)10-19-18;1-2/h8-9,11,13,19H,5-7,10,12H2,1-4H3;1-2H3/t18-;/m1./s1. The zero-order valence-electron chi connectivity index (χ0n) is 16.1. The number of aldehydes is 1. The summed E-state index contributed by atoms with van der Waals surface area (Å²) < 4.78 is 5.34. The van der Waals surface area contributed by atoms with E-state index in [0.717, 1.165) is 18.6 Å². The summed E-state index contributed by atoms with van der Waals surface area (Å²) in [5.74, 6) is 2.29. The Kier molecular flexibility index (Phi) is 8.85. The first-order chi connectivity index (χ1) is 11.6.